The summed E-state index contributed by atoms with van der Waals surface area (Å²) in [6, 6.07) is 7.13. The summed E-state index contributed by atoms with van der Waals surface area (Å²) in [6.45, 7) is 3.91. The first kappa shape index (κ1) is 22.2. The molecule has 1 saturated carbocycles. The fraction of sp³-hybridized carbons (Fsp3) is 0.619. The molecule has 7 nitrogen and oxygen atoms in total. The molecule has 156 valence electrons. The molecule has 1 aromatic rings. The Kier molecular flexibility index (Phi) is 8.73. The van der Waals surface area contributed by atoms with Crippen molar-refractivity contribution in [3.63, 3.8) is 0 Å². The number of nitrogens with zero attached hydrogens (tertiary/aromatic N) is 1. The molecular weight excluding hydrogens is 358 g/mol. The van der Waals surface area contributed by atoms with Crippen molar-refractivity contribution in [3.8, 4) is 5.75 Å². The van der Waals surface area contributed by atoms with E-state index in [0.29, 0.717) is 32.4 Å². The van der Waals surface area contributed by atoms with Crippen LogP contribution in [0, 0.1) is 5.92 Å². The van der Waals surface area contributed by atoms with Gasteiger partial charge in [0.15, 0.2) is 0 Å². The molecule has 0 unspecified atom stereocenters. The Bertz CT molecular complexity index is 633. The van der Waals surface area contributed by atoms with Crippen molar-refractivity contribution in [1.29, 1.82) is 0 Å². The molecule has 1 fully saturated rings. The highest BCUT2D eigenvalue weighted by Gasteiger charge is 2.33. The number of hydrogen-bond acceptors (Lipinski definition) is 5. The molecule has 1 aliphatic rings. The number of aliphatic hydroxyl groups is 1. The summed E-state index contributed by atoms with van der Waals surface area (Å²) < 4.78 is 5.40. The van der Waals surface area contributed by atoms with Crippen molar-refractivity contribution in [2.24, 2.45) is 5.92 Å². The monoisotopic (exact) mass is 391 g/mol. The Morgan fingerprint density at radius 3 is 2.54 bits per heavy atom. The topological polar surface area (TPSA) is 90.9 Å². The van der Waals surface area contributed by atoms with Crippen molar-refractivity contribution < 1.29 is 19.4 Å². The lowest BCUT2D eigenvalue weighted by Gasteiger charge is -2.33. The number of carbonyl (C=O) groups excluding carboxylic acids is 2. The lowest BCUT2D eigenvalue weighted by molar-refractivity contribution is -0.128. The van der Waals surface area contributed by atoms with Gasteiger partial charge in [0.25, 0.3) is 0 Å². The van der Waals surface area contributed by atoms with Crippen LogP contribution in [0.4, 0.5) is 0 Å². The van der Waals surface area contributed by atoms with Crippen LogP contribution in [0.5, 0.6) is 5.75 Å². The summed E-state index contributed by atoms with van der Waals surface area (Å²) in [5, 5.41) is 16.2. The molecular formula is C21H33N3O4. The van der Waals surface area contributed by atoms with E-state index in [9.17, 15) is 14.7 Å². The molecule has 0 saturated heterocycles. The van der Waals surface area contributed by atoms with Crippen LogP contribution in [0.3, 0.4) is 0 Å². The third kappa shape index (κ3) is 7.13. The number of likely N-dealkylation sites (N-methyl/N-ethyl adjacent to an activating group) is 1. The number of rotatable bonds is 9. The molecule has 1 aromatic carbocycles. The van der Waals surface area contributed by atoms with E-state index in [4.69, 9.17) is 4.74 Å². The zero-order chi connectivity index (χ0) is 20.5. The first-order chi connectivity index (χ1) is 13.4. The standard InChI is InChI=1S/C21H33N3O4/c1-4-28-17-8-5-15(6-9-17)13-20(26)23-18-10-7-16(14-19(18)25)21(27)22-11-12-24(2)3/h5-6,8-9,16,18-19,25H,4,7,10-14H2,1-3H3,(H,22,27)(H,23,26)/t16-,18-,19-/m0/s1. The minimum atomic E-state index is -0.706. The van der Waals surface area contributed by atoms with E-state index in [-0.39, 0.29) is 30.2 Å². The second-order valence-corrected chi connectivity index (χ2v) is 7.60. The van der Waals surface area contributed by atoms with E-state index in [1.54, 1.807) is 0 Å². The van der Waals surface area contributed by atoms with Crippen LogP contribution >= 0.6 is 0 Å². The average Bonchev–Trinajstić information content (AvgIpc) is 2.65. The third-order valence-electron chi connectivity index (χ3n) is 4.99. The fourth-order valence-electron chi connectivity index (χ4n) is 3.41. The molecule has 0 spiro atoms. The number of carbonyl (C=O) groups is 2. The van der Waals surface area contributed by atoms with E-state index in [2.05, 4.69) is 10.6 Å². The van der Waals surface area contributed by atoms with Crippen LogP contribution < -0.4 is 15.4 Å². The number of amides is 2. The van der Waals surface area contributed by atoms with Crippen LogP contribution in [0.1, 0.15) is 31.7 Å². The molecule has 2 amide bonds. The molecule has 0 aliphatic heterocycles. The molecule has 0 aromatic heterocycles. The van der Waals surface area contributed by atoms with Crippen molar-refractivity contribution in [1.82, 2.24) is 15.5 Å². The summed E-state index contributed by atoms with van der Waals surface area (Å²) in [4.78, 5) is 26.6. The second-order valence-electron chi connectivity index (χ2n) is 7.60. The van der Waals surface area contributed by atoms with Gasteiger partial charge in [-0.1, -0.05) is 12.1 Å². The molecule has 0 radical (unpaired) electrons. The number of hydrogen-bond donors (Lipinski definition) is 3. The number of aliphatic hydroxyl groups excluding tert-OH is 1. The van der Waals surface area contributed by atoms with Crippen molar-refractivity contribution in [2.75, 3.05) is 33.8 Å². The van der Waals surface area contributed by atoms with Gasteiger partial charge in [0, 0.05) is 19.0 Å². The van der Waals surface area contributed by atoms with E-state index in [0.717, 1.165) is 17.9 Å². The predicted octanol–water partition coefficient (Wildman–Crippen LogP) is 0.951. The van der Waals surface area contributed by atoms with Crippen LogP contribution in [-0.4, -0.2) is 67.8 Å². The van der Waals surface area contributed by atoms with Gasteiger partial charge < -0.3 is 25.4 Å². The molecule has 3 N–H and O–H groups in total. The highest BCUT2D eigenvalue weighted by molar-refractivity contribution is 5.80. The predicted molar refractivity (Wildman–Crippen MR) is 108 cm³/mol. The Morgan fingerprint density at radius 1 is 1.21 bits per heavy atom. The maximum atomic E-state index is 12.3. The van der Waals surface area contributed by atoms with E-state index >= 15 is 0 Å². The summed E-state index contributed by atoms with van der Waals surface area (Å²) >= 11 is 0. The van der Waals surface area contributed by atoms with Crippen molar-refractivity contribution in [2.45, 2.75) is 44.8 Å². The Labute approximate surface area is 167 Å². The summed E-state index contributed by atoms with van der Waals surface area (Å²) in [7, 11) is 3.91. The fourth-order valence-corrected chi connectivity index (χ4v) is 3.41. The lowest BCUT2D eigenvalue weighted by atomic mass is 9.83. The molecule has 0 heterocycles. The first-order valence-electron chi connectivity index (χ1n) is 10.0. The second kappa shape index (κ2) is 11.0. The zero-order valence-corrected chi connectivity index (χ0v) is 17.1. The van der Waals surface area contributed by atoms with Crippen molar-refractivity contribution in [3.05, 3.63) is 29.8 Å². The maximum Gasteiger partial charge on any atom is 0.224 e. The normalized spacial score (nSPS) is 22.0. The van der Waals surface area contributed by atoms with E-state index in [1.165, 1.54) is 0 Å². The van der Waals surface area contributed by atoms with Crippen molar-refractivity contribution >= 4 is 11.8 Å². The summed E-state index contributed by atoms with van der Waals surface area (Å²) in [5.74, 6) is 0.447. The minimum absolute atomic E-state index is 0.0138. The number of nitrogens with one attached hydrogen (secondary N) is 2. The van der Waals surface area contributed by atoms with E-state index in [1.807, 2.05) is 50.2 Å². The van der Waals surface area contributed by atoms with Crippen LogP contribution in [0.2, 0.25) is 0 Å². The smallest absolute Gasteiger partial charge is 0.224 e. The summed E-state index contributed by atoms with van der Waals surface area (Å²) in [5.41, 5.74) is 0.893. The molecule has 1 aliphatic carbocycles. The largest absolute Gasteiger partial charge is 0.494 e. The SMILES string of the molecule is CCOc1ccc(CC(=O)N[C@H]2CC[C@H](C(=O)NCCN(C)C)C[C@@H]2O)cc1. The highest BCUT2D eigenvalue weighted by Crippen LogP contribution is 2.25. The Morgan fingerprint density at radius 2 is 1.93 bits per heavy atom. The van der Waals surface area contributed by atoms with Gasteiger partial charge in [-0.15, -0.1) is 0 Å². The third-order valence-corrected chi connectivity index (χ3v) is 4.99. The molecule has 2 rings (SSSR count). The van der Waals surface area contributed by atoms with Gasteiger partial charge in [0.1, 0.15) is 5.75 Å². The zero-order valence-electron chi connectivity index (χ0n) is 17.1. The van der Waals surface area contributed by atoms with E-state index < -0.39 is 6.10 Å². The van der Waals surface area contributed by atoms with Gasteiger partial charge in [0.2, 0.25) is 11.8 Å². The van der Waals surface area contributed by atoms with Gasteiger partial charge >= 0.3 is 0 Å². The minimum Gasteiger partial charge on any atom is -0.494 e. The molecule has 7 heteroatoms. The Hall–Kier alpha value is -2.12. The van der Waals surface area contributed by atoms with Gasteiger partial charge in [-0.25, -0.2) is 0 Å². The average molecular weight is 392 g/mol. The van der Waals surface area contributed by atoms with Gasteiger partial charge in [-0.3, -0.25) is 9.59 Å². The van der Waals surface area contributed by atoms with Gasteiger partial charge in [-0.2, -0.15) is 0 Å². The Balaban J connectivity index is 1.76. The maximum absolute atomic E-state index is 12.3. The van der Waals surface area contributed by atoms with Crippen LogP contribution in [0.15, 0.2) is 24.3 Å². The summed E-state index contributed by atoms with van der Waals surface area (Å²) in [6.07, 6.45) is 1.19. The number of ether oxygens (including phenoxy) is 1. The van der Waals surface area contributed by atoms with Gasteiger partial charge in [0.05, 0.1) is 25.2 Å². The highest BCUT2D eigenvalue weighted by atomic mass is 16.5. The molecule has 3 atom stereocenters. The van der Waals surface area contributed by atoms with Crippen LogP contribution in [0.25, 0.3) is 0 Å². The lowest BCUT2D eigenvalue weighted by Crippen LogP contribution is -2.49. The van der Waals surface area contributed by atoms with Gasteiger partial charge in [-0.05, 0) is 58.0 Å². The number of benzene rings is 1. The molecule has 28 heavy (non-hydrogen) atoms. The van der Waals surface area contributed by atoms with Crippen LogP contribution in [-0.2, 0) is 16.0 Å². The molecule has 0 bridgehead atoms. The quantitative estimate of drug-likeness (QED) is 0.583. The first-order valence-corrected chi connectivity index (χ1v) is 10.0.